The van der Waals surface area contributed by atoms with Crippen LogP contribution >= 0.6 is 23.2 Å². The van der Waals surface area contributed by atoms with E-state index >= 15 is 0 Å². The number of carbonyl (C=O) groups excluding carboxylic acids is 1. The summed E-state index contributed by atoms with van der Waals surface area (Å²) in [4.78, 5) is 12.2. The molecule has 2 aliphatic rings. The molecule has 2 bridgehead atoms. The van der Waals surface area contributed by atoms with E-state index in [4.69, 9.17) is 27.9 Å². The van der Waals surface area contributed by atoms with Crippen LogP contribution in [-0.4, -0.2) is 24.2 Å². The first kappa shape index (κ1) is 13.2. The van der Waals surface area contributed by atoms with E-state index in [1.807, 2.05) is 0 Å². The van der Waals surface area contributed by atoms with Gasteiger partial charge in [-0.2, -0.15) is 0 Å². The minimum Gasteiger partial charge on any atom is -0.375 e. The normalized spacial score (nSPS) is 29.3. The molecule has 1 N–H and O–H groups in total. The Morgan fingerprint density at radius 1 is 1.11 bits per heavy atom. The molecule has 5 heteroatoms. The summed E-state index contributed by atoms with van der Waals surface area (Å²) in [7, 11) is 0. The number of benzene rings is 1. The Labute approximate surface area is 122 Å². The Bertz CT molecular complexity index is 474. The molecule has 1 aromatic rings. The highest BCUT2D eigenvalue weighted by molar-refractivity contribution is 6.35. The topological polar surface area (TPSA) is 38.3 Å². The van der Waals surface area contributed by atoms with E-state index in [-0.39, 0.29) is 11.9 Å². The van der Waals surface area contributed by atoms with Gasteiger partial charge in [0.05, 0.1) is 12.2 Å². The minimum absolute atomic E-state index is 0.115. The quantitative estimate of drug-likeness (QED) is 0.908. The van der Waals surface area contributed by atoms with Crippen LogP contribution in [0.2, 0.25) is 10.0 Å². The molecule has 2 saturated heterocycles. The average molecular weight is 300 g/mol. The van der Waals surface area contributed by atoms with E-state index < -0.39 is 0 Å². The van der Waals surface area contributed by atoms with Crippen LogP contribution in [-0.2, 0) is 4.74 Å². The molecule has 0 radical (unpaired) electrons. The van der Waals surface area contributed by atoms with Crippen molar-refractivity contribution >= 4 is 29.1 Å². The van der Waals surface area contributed by atoms with Crippen LogP contribution in [0.5, 0.6) is 0 Å². The summed E-state index contributed by atoms with van der Waals surface area (Å²) in [5, 5.41) is 4.01. The summed E-state index contributed by atoms with van der Waals surface area (Å²) in [6.07, 6.45) is 4.65. The summed E-state index contributed by atoms with van der Waals surface area (Å²) >= 11 is 11.8. The molecule has 3 nitrogen and oxygen atoms in total. The third-order valence-electron chi connectivity index (χ3n) is 3.75. The van der Waals surface area contributed by atoms with Gasteiger partial charge in [0, 0.05) is 21.7 Å². The number of amides is 1. The van der Waals surface area contributed by atoms with E-state index in [1.165, 1.54) is 0 Å². The van der Waals surface area contributed by atoms with Crippen molar-refractivity contribution in [1.82, 2.24) is 5.32 Å². The monoisotopic (exact) mass is 299 g/mol. The third-order valence-corrected chi connectivity index (χ3v) is 4.19. The summed E-state index contributed by atoms with van der Waals surface area (Å²) in [5.74, 6) is -0.115. The van der Waals surface area contributed by atoms with Gasteiger partial charge < -0.3 is 10.1 Å². The molecule has 0 aliphatic carbocycles. The third kappa shape index (κ3) is 3.04. The number of hydrogen-bond donors (Lipinski definition) is 1. The number of halogens is 2. The van der Waals surface area contributed by atoms with E-state index in [1.54, 1.807) is 18.2 Å². The van der Waals surface area contributed by atoms with Crippen LogP contribution in [0.25, 0.3) is 0 Å². The Morgan fingerprint density at radius 3 is 2.26 bits per heavy atom. The molecule has 19 heavy (non-hydrogen) atoms. The number of nitrogens with one attached hydrogen (secondary N) is 1. The molecular formula is C14H15Cl2NO2. The number of rotatable bonds is 2. The van der Waals surface area contributed by atoms with Gasteiger partial charge in [-0.05, 0) is 43.9 Å². The Morgan fingerprint density at radius 2 is 1.68 bits per heavy atom. The Hall–Kier alpha value is -0.770. The molecule has 0 spiro atoms. The highest BCUT2D eigenvalue weighted by atomic mass is 35.5. The zero-order valence-corrected chi connectivity index (χ0v) is 11.9. The lowest BCUT2D eigenvalue weighted by Crippen LogP contribution is -2.42. The van der Waals surface area contributed by atoms with Gasteiger partial charge in [-0.1, -0.05) is 23.2 Å². The first-order chi connectivity index (χ1) is 9.10. The van der Waals surface area contributed by atoms with Gasteiger partial charge in [0.25, 0.3) is 5.91 Å². The summed E-state index contributed by atoms with van der Waals surface area (Å²) in [5.41, 5.74) is 0.510. The first-order valence-electron chi connectivity index (χ1n) is 6.52. The molecule has 1 aromatic carbocycles. The van der Waals surface area contributed by atoms with Gasteiger partial charge in [-0.3, -0.25) is 4.79 Å². The summed E-state index contributed by atoms with van der Waals surface area (Å²) in [6.45, 7) is 0. The maximum Gasteiger partial charge on any atom is 0.251 e. The van der Waals surface area contributed by atoms with Crippen molar-refractivity contribution in [3.05, 3.63) is 33.8 Å². The van der Waals surface area contributed by atoms with E-state index in [0.29, 0.717) is 27.8 Å². The average Bonchev–Trinajstić information content (AvgIpc) is 2.67. The molecule has 3 rings (SSSR count). The molecule has 1 amide bonds. The lowest BCUT2D eigenvalue weighted by Gasteiger charge is -2.29. The molecule has 2 atom stereocenters. The second-order valence-electron chi connectivity index (χ2n) is 5.26. The van der Waals surface area contributed by atoms with Gasteiger partial charge in [-0.25, -0.2) is 0 Å². The molecule has 2 unspecified atom stereocenters. The molecule has 0 saturated carbocycles. The Kier molecular flexibility index (Phi) is 3.70. The van der Waals surface area contributed by atoms with Crippen LogP contribution < -0.4 is 5.32 Å². The molecule has 2 aliphatic heterocycles. The minimum atomic E-state index is -0.115. The lowest BCUT2D eigenvalue weighted by molar-refractivity contribution is -0.00774. The lowest BCUT2D eigenvalue weighted by atomic mass is 10.0. The second kappa shape index (κ2) is 5.31. The number of hydrogen-bond acceptors (Lipinski definition) is 2. The van der Waals surface area contributed by atoms with Gasteiger partial charge in [0.1, 0.15) is 0 Å². The maximum atomic E-state index is 12.2. The SMILES string of the molecule is O=C(NC1CC2CCC(C1)O2)c1cc(Cl)cc(Cl)c1. The van der Waals surface area contributed by atoms with Crippen molar-refractivity contribution in [2.24, 2.45) is 0 Å². The van der Waals surface area contributed by atoms with Crippen molar-refractivity contribution in [2.75, 3.05) is 0 Å². The highest BCUT2D eigenvalue weighted by Gasteiger charge is 2.35. The van der Waals surface area contributed by atoms with E-state index in [0.717, 1.165) is 25.7 Å². The number of ether oxygens (including phenoxy) is 1. The summed E-state index contributed by atoms with van der Waals surface area (Å²) < 4.78 is 5.76. The van der Waals surface area contributed by atoms with Crippen molar-refractivity contribution in [3.63, 3.8) is 0 Å². The fourth-order valence-electron chi connectivity index (χ4n) is 2.93. The van der Waals surface area contributed by atoms with Crippen molar-refractivity contribution < 1.29 is 9.53 Å². The van der Waals surface area contributed by atoms with Gasteiger partial charge in [-0.15, -0.1) is 0 Å². The summed E-state index contributed by atoms with van der Waals surface area (Å²) in [6, 6.07) is 5.08. The number of fused-ring (bicyclic) bond motifs is 2. The first-order valence-corrected chi connectivity index (χ1v) is 7.28. The fraction of sp³-hybridized carbons (Fsp3) is 0.500. The van der Waals surface area contributed by atoms with Crippen LogP contribution in [0, 0.1) is 0 Å². The van der Waals surface area contributed by atoms with Crippen LogP contribution in [0.1, 0.15) is 36.0 Å². The highest BCUT2D eigenvalue weighted by Crippen LogP contribution is 2.32. The van der Waals surface area contributed by atoms with Crippen LogP contribution in [0.3, 0.4) is 0 Å². The van der Waals surface area contributed by atoms with Gasteiger partial charge in [0.15, 0.2) is 0 Å². The molecule has 0 aromatic heterocycles. The molecular weight excluding hydrogens is 285 g/mol. The van der Waals surface area contributed by atoms with Crippen LogP contribution in [0.4, 0.5) is 0 Å². The second-order valence-corrected chi connectivity index (χ2v) is 6.13. The largest absolute Gasteiger partial charge is 0.375 e. The molecule has 2 fully saturated rings. The zero-order valence-electron chi connectivity index (χ0n) is 10.4. The van der Waals surface area contributed by atoms with E-state index in [9.17, 15) is 4.79 Å². The van der Waals surface area contributed by atoms with Crippen LogP contribution in [0.15, 0.2) is 18.2 Å². The Balaban J connectivity index is 1.67. The maximum absolute atomic E-state index is 12.2. The fourth-order valence-corrected chi connectivity index (χ4v) is 3.46. The molecule has 102 valence electrons. The van der Waals surface area contributed by atoms with Gasteiger partial charge in [0.2, 0.25) is 0 Å². The predicted octanol–water partition coefficient (Wildman–Crippen LogP) is 3.43. The van der Waals surface area contributed by atoms with Crippen molar-refractivity contribution in [1.29, 1.82) is 0 Å². The smallest absolute Gasteiger partial charge is 0.251 e. The number of carbonyl (C=O) groups is 1. The standard InChI is InChI=1S/C14H15Cl2NO2/c15-9-3-8(4-10(16)5-9)14(18)17-11-6-12-1-2-13(7-11)19-12/h3-5,11-13H,1-2,6-7H2,(H,17,18). The zero-order chi connectivity index (χ0) is 13.4. The van der Waals surface area contributed by atoms with Crippen molar-refractivity contribution in [3.8, 4) is 0 Å². The van der Waals surface area contributed by atoms with Gasteiger partial charge >= 0.3 is 0 Å². The van der Waals surface area contributed by atoms with Crippen molar-refractivity contribution in [2.45, 2.75) is 43.9 Å². The van der Waals surface area contributed by atoms with E-state index in [2.05, 4.69) is 5.32 Å². The molecule has 2 heterocycles. The predicted molar refractivity (Wildman–Crippen MR) is 74.8 cm³/mol.